The van der Waals surface area contributed by atoms with Gasteiger partial charge >= 0.3 is 6.09 Å². The van der Waals surface area contributed by atoms with E-state index in [0.717, 1.165) is 35.5 Å². The highest BCUT2D eigenvalue weighted by Crippen LogP contribution is 2.21. The number of amides is 1. The molecule has 4 rings (SSSR count). The van der Waals surface area contributed by atoms with E-state index in [4.69, 9.17) is 4.74 Å². The number of nitrogens with one attached hydrogen (secondary N) is 1. The van der Waals surface area contributed by atoms with E-state index in [9.17, 15) is 10.1 Å². The number of carbonyl (C=O) groups excluding carboxylic acids is 1. The van der Waals surface area contributed by atoms with Gasteiger partial charge in [0.25, 0.3) is 0 Å². The van der Waals surface area contributed by atoms with Gasteiger partial charge in [0.2, 0.25) is 0 Å². The molecule has 2 aliphatic rings. The largest absolute Gasteiger partial charge is 0.447 e. The van der Waals surface area contributed by atoms with Crippen LogP contribution in [0.2, 0.25) is 0 Å². The molecule has 0 aromatic carbocycles. The fraction of sp³-hybridized carbons (Fsp3) is 0.348. The van der Waals surface area contributed by atoms with E-state index < -0.39 is 0 Å². The molecular formula is C23H24N4O2. The molecule has 0 fully saturated rings. The number of pyridine rings is 1. The minimum atomic E-state index is -0.384. The van der Waals surface area contributed by atoms with Crippen LogP contribution in [0.4, 0.5) is 4.79 Å². The minimum absolute atomic E-state index is 0.0160. The summed E-state index contributed by atoms with van der Waals surface area (Å²) in [5.74, 6) is 0. The van der Waals surface area contributed by atoms with Crippen LogP contribution in [0.15, 0.2) is 36.0 Å². The summed E-state index contributed by atoms with van der Waals surface area (Å²) in [6.45, 7) is 4.34. The quantitative estimate of drug-likeness (QED) is 0.868. The second kappa shape index (κ2) is 7.96. The third-order valence-electron chi connectivity index (χ3n) is 5.25. The van der Waals surface area contributed by atoms with E-state index in [1.54, 1.807) is 6.20 Å². The predicted octanol–water partition coefficient (Wildman–Crippen LogP) is 1.95. The van der Waals surface area contributed by atoms with Crippen LogP contribution in [0.25, 0.3) is 12.2 Å². The van der Waals surface area contributed by atoms with E-state index in [1.807, 2.05) is 44.2 Å². The summed E-state index contributed by atoms with van der Waals surface area (Å²) in [4.78, 5) is 16.6. The van der Waals surface area contributed by atoms with E-state index >= 15 is 0 Å². The van der Waals surface area contributed by atoms with Crippen molar-refractivity contribution < 1.29 is 9.53 Å². The predicted molar refractivity (Wildman–Crippen MR) is 110 cm³/mol. The molecule has 2 aromatic rings. The molecule has 0 saturated carbocycles. The van der Waals surface area contributed by atoms with Gasteiger partial charge in [-0.15, -0.1) is 0 Å². The summed E-state index contributed by atoms with van der Waals surface area (Å²) in [6.07, 6.45) is 9.54. The zero-order valence-corrected chi connectivity index (χ0v) is 16.7. The molecule has 148 valence electrons. The average molecular weight is 388 g/mol. The molecule has 2 aliphatic carbocycles. The molecule has 0 spiro atoms. The lowest BCUT2D eigenvalue weighted by Gasteiger charge is -2.15. The van der Waals surface area contributed by atoms with Crippen molar-refractivity contribution in [3.8, 4) is 6.07 Å². The lowest BCUT2D eigenvalue weighted by molar-refractivity contribution is 0.112. The van der Waals surface area contributed by atoms with Gasteiger partial charge in [0, 0.05) is 40.5 Å². The molecule has 2 heterocycles. The van der Waals surface area contributed by atoms with Gasteiger partial charge in [0.15, 0.2) is 0 Å². The Labute approximate surface area is 169 Å². The molecule has 0 aliphatic heterocycles. The number of ether oxygens (including phenoxy) is 1. The van der Waals surface area contributed by atoms with Crippen LogP contribution in [0.3, 0.4) is 0 Å². The van der Waals surface area contributed by atoms with Gasteiger partial charge in [-0.25, -0.2) is 4.79 Å². The smallest absolute Gasteiger partial charge is 0.407 e. The van der Waals surface area contributed by atoms with Crippen molar-refractivity contribution in [1.82, 2.24) is 14.9 Å². The number of hydrogen-bond acceptors (Lipinski definition) is 4. The zero-order valence-electron chi connectivity index (χ0n) is 16.7. The Balaban J connectivity index is 1.73. The number of aromatic nitrogens is 2. The van der Waals surface area contributed by atoms with E-state index in [1.165, 1.54) is 11.3 Å². The van der Waals surface area contributed by atoms with Crippen molar-refractivity contribution in [2.24, 2.45) is 0 Å². The molecule has 0 radical (unpaired) electrons. The number of carbonyl (C=O) groups is 1. The minimum Gasteiger partial charge on any atom is -0.447 e. The lowest BCUT2D eigenvalue weighted by Crippen LogP contribution is -2.39. The Bertz CT molecular complexity index is 1120. The van der Waals surface area contributed by atoms with Crippen molar-refractivity contribution in [1.29, 1.82) is 5.26 Å². The Morgan fingerprint density at radius 1 is 1.38 bits per heavy atom. The summed E-state index contributed by atoms with van der Waals surface area (Å²) in [6, 6.07) is 8.17. The number of allylic oxidation sites excluding steroid dienone is 2. The number of nitriles is 1. The SMILES string of the molecule is CC(C)OC(=O)N[C@H]1Cc2c(n(Cc3ccccn3)c3c2=CC(C#N)=CCC=3)C1. The Kier molecular flexibility index (Phi) is 5.22. The van der Waals surface area contributed by atoms with Crippen LogP contribution in [0, 0.1) is 11.3 Å². The molecule has 6 heteroatoms. The summed E-state index contributed by atoms with van der Waals surface area (Å²) in [5.41, 5.74) is 4.05. The van der Waals surface area contributed by atoms with Crippen LogP contribution in [0.5, 0.6) is 0 Å². The van der Waals surface area contributed by atoms with E-state index in [2.05, 4.69) is 27.0 Å². The summed E-state index contributed by atoms with van der Waals surface area (Å²) in [5, 5.41) is 14.6. The number of nitrogens with zero attached hydrogens (tertiary/aromatic N) is 3. The number of fused-ring (bicyclic) bond motifs is 3. The molecule has 2 aromatic heterocycles. The van der Waals surface area contributed by atoms with Crippen LogP contribution in [-0.2, 0) is 24.1 Å². The molecule has 0 bridgehead atoms. The van der Waals surface area contributed by atoms with Crippen LogP contribution < -0.4 is 15.9 Å². The molecule has 0 saturated heterocycles. The maximum Gasteiger partial charge on any atom is 0.407 e. The third kappa shape index (κ3) is 3.95. The summed E-state index contributed by atoms with van der Waals surface area (Å²) < 4.78 is 7.53. The van der Waals surface area contributed by atoms with Gasteiger partial charge in [-0.2, -0.15) is 5.26 Å². The third-order valence-corrected chi connectivity index (χ3v) is 5.25. The lowest BCUT2D eigenvalue weighted by atomic mass is 10.1. The topological polar surface area (TPSA) is 79.9 Å². The first-order chi connectivity index (χ1) is 14.0. The Morgan fingerprint density at radius 3 is 2.97 bits per heavy atom. The molecule has 29 heavy (non-hydrogen) atoms. The first-order valence-corrected chi connectivity index (χ1v) is 9.94. The normalized spacial score (nSPS) is 17.2. The van der Waals surface area contributed by atoms with Crippen molar-refractivity contribution in [3.63, 3.8) is 0 Å². The molecule has 6 nitrogen and oxygen atoms in total. The van der Waals surface area contributed by atoms with Crippen LogP contribution >= 0.6 is 0 Å². The molecule has 1 amide bonds. The maximum atomic E-state index is 12.1. The first kappa shape index (κ1) is 19.0. The van der Waals surface area contributed by atoms with E-state index in [-0.39, 0.29) is 18.2 Å². The fourth-order valence-corrected chi connectivity index (χ4v) is 4.10. The highest BCUT2D eigenvalue weighted by Gasteiger charge is 2.29. The Morgan fingerprint density at radius 2 is 2.24 bits per heavy atom. The molecule has 1 atom stereocenters. The van der Waals surface area contributed by atoms with Gasteiger partial charge in [0.1, 0.15) is 0 Å². The highest BCUT2D eigenvalue weighted by atomic mass is 16.6. The highest BCUT2D eigenvalue weighted by molar-refractivity contribution is 5.68. The molecular weight excluding hydrogens is 364 g/mol. The summed E-state index contributed by atoms with van der Waals surface area (Å²) >= 11 is 0. The second-order valence-electron chi connectivity index (χ2n) is 7.69. The van der Waals surface area contributed by atoms with Gasteiger partial charge in [-0.1, -0.05) is 18.2 Å². The van der Waals surface area contributed by atoms with Gasteiger partial charge in [-0.3, -0.25) is 4.98 Å². The van der Waals surface area contributed by atoms with Crippen molar-refractivity contribution >= 4 is 18.2 Å². The van der Waals surface area contributed by atoms with E-state index in [0.29, 0.717) is 12.1 Å². The zero-order chi connectivity index (χ0) is 20.4. The number of hydrogen-bond donors (Lipinski definition) is 1. The number of rotatable bonds is 4. The molecule has 0 unspecified atom stereocenters. The summed E-state index contributed by atoms with van der Waals surface area (Å²) in [7, 11) is 0. The van der Waals surface area contributed by atoms with Crippen molar-refractivity contribution in [2.75, 3.05) is 0 Å². The van der Waals surface area contributed by atoms with Gasteiger partial charge in [0.05, 0.1) is 24.4 Å². The van der Waals surface area contributed by atoms with Crippen molar-refractivity contribution in [2.45, 2.75) is 51.8 Å². The van der Waals surface area contributed by atoms with Gasteiger partial charge < -0.3 is 14.6 Å². The first-order valence-electron chi connectivity index (χ1n) is 9.94. The van der Waals surface area contributed by atoms with Gasteiger partial charge in [-0.05, 0) is 50.5 Å². The Hall–Kier alpha value is -3.33. The van der Waals surface area contributed by atoms with Crippen molar-refractivity contribution in [3.05, 3.63) is 63.6 Å². The second-order valence-corrected chi connectivity index (χ2v) is 7.69. The fourth-order valence-electron chi connectivity index (χ4n) is 4.10. The standard InChI is InChI=1S/C23H24N4O2/c1-15(2)29-23(28)26-18-11-20-19-10-16(13-24)6-5-8-21(19)27(22(20)12-18)14-17-7-3-4-9-25-17/h3-4,6-10,15,18H,5,11-12,14H2,1-2H3,(H,26,28)/t18-/m0/s1. The maximum absolute atomic E-state index is 12.1. The van der Waals surface area contributed by atoms with Crippen LogP contribution in [0.1, 0.15) is 37.2 Å². The average Bonchev–Trinajstić information content (AvgIpc) is 3.10. The molecule has 1 N–H and O–H groups in total. The van der Waals surface area contributed by atoms with Crippen LogP contribution in [-0.4, -0.2) is 27.8 Å². The number of alkyl carbamates (subject to hydrolysis) is 1. The monoisotopic (exact) mass is 388 g/mol.